The summed E-state index contributed by atoms with van der Waals surface area (Å²) in [5.41, 5.74) is 6.36. The number of aromatic nitrogens is 4. The minimum absolute atomic E-state index is 0.0186. The first kappa shape index (κ1) is 25.4. The van der Waals surface area contributed by atoms with Gasteiger partial charge in [0, 0.05) is 11.2 Å². The van der Waals surface area contributed by atoms with Crippen molar-refractivity contribution >= 4 is 53.1 Å². The predicted molar refractivity (Wildman–Crippen MR) is 128 cm³/mol. The number of hydrogen-bond donors (Lipinski definition) is 1. The van der Waals surface area contributed by atoms with Gasteiger partial charge in [0.15, 0.2) is 22.8 Å². The molecular formula is C20H27ClN5O6PS. The second kappa shape index (κ2) is 9.40. The Labute approximate surface area is 206 Å². The third kappa shape index (κ3) is 4.98. The van der Waals surface area contributed by atoms with Crippen LogP contribution in [0.4, 0.5) is 5.82 Å². The molecule has 14 heteroatoms. The molecule has 0 amide bonds. The Kier molecular flexibility index (Phi) is 7.03. The van der Waals surface area contributed by atoms with E-state index in [0.29, 0.717) is 16.9 Å². The minimum atomic E-state index is -3.63. The molecule has 11 nitrogen and oxygen atoms in total. The van der Waals surface area contributed by atoms with Gasteiger partial charge in [-0.15, -0.1) is 11.6 Å². The molecule has 0 saturated carbocycles. The maximum Gasteiger partial charge on any atom is 0.357 e. The van der Waals surface area contributed by atoms with E-state index < -0.39 is 36.3 Å². The molecule has 2 aromatic heterocycles. The number of carbonyl (C=O) groups is 1. The molecule has 2 fully saturated rings. The summed E-state index contributed by atoms with van der Waals surface area (Å²) in [7, 11) is -3.63. The average molecular weight is 532 g/mol. The number of alkyl halides is 1. The zero-order valence-electron chi connectivity index (χ0n) is 19.2. The molecule has 34 heavy (non-hydrogen) atoms. The Morgan fingerprint density at radius 2 is 2.21 bits per heavy atom. The van der Waals surface area contributed by atoms with Gasteiger partial charge in [0.05, 0.1) is 31.6 Å². The lowest BCUT2D eigenvalue weighted by molar-refractivity contribution is -0.117. The number of rotatable bonds is 6. The van der Waals surface area contributed by atoms with Crippen LogP contribution < -0.4 is 5.73 Å². The van der Waals surface area contributed by atoms with Crippen LogP contribution in [0, 0.1) is 5.41 Å². The van der Waals surface area contributed by atoms with E-state index in [0.717, 1.165) is 0 Å². The van der Waals surface area contributed by atoms with Crippen molar-refractivity contribution in [1.29, 1.82) is 0 Å². The summed E-state index contributed by atoms with van der Waals surface area (Å²) in [5.74, 6) is 1.96. The zero-order chi connectivity index (χ0) is 24.7. The third-order valence-electron chi connectivity index (χ3n) is 5.39. The van der Waals surface area contributed by atoms with Crippen LogP contribution in [-0.2, 0) is 27.9 Å². The molecule has 5 unspecified atom stereocenters. The fraction of sp³-hybridized carbons (Fsp3) is 0.600. The molecular weight excluding hydrogens is 505 g/mol. The van der Waals surface area contributed by atoms with E-state index in [1.807, 2.05) is 20.8 Å². The first-order valence-electron chi connectivity index (χ1n) is 10.6. The zero-order valence-corrected chi connectivity index (χ0v) is 21.7. The highest BCUT2D eigenvalue weighted by atomic mass is 35.5. The number of thioether (sulfide) groups is 1. The van der Waals surface area contributed by atoms with E-state index >= 15 is 0 Å². The molecule has 2 saturated heterocycles. The minimum Gasteiger partial charge on any atom is -0.500 e. The molecule has 0 spiro atoms. The average Bonchev–Trinajstić information content (AvgIpc) is 3.29. The fourth-order valence-corrected chi connectivity index (χ4v) is 6.26. The fourth-order valence-electron chi connectivity index (χ4n) is 3.58. The van der Waals surface area contributed by atoms with Gasteiger partial charge in [-0.1, -0.05) is 32.5 Å². The SMILES string of the molecule is CC(C)(C)C(=O)SCCOC=CP1(=O)OCC2OC(n3cnc4c(N)ncnc43)C(C)(Cl)C2O1. The molecule has 186 valence electrons. The Balaban J connectivity index is 1.40. The van der Waals surface area contributed by atoms with E-state index in [1.165, 1.54) is 36.5 Å². The van der Waals surface area contributed by atoms with Crippen LogP contribution >= 0.6 is 31.0 Å². The molecule has 0 bridgehead atoms. The van der Waals surface area contributed by atoms with Crippen molar-refractivity contribution in [2.45, 2.75) is 51.0 Å². The summed E-state index contributed by atoms with van der Waals surface area (Å²) < 4.78 is 37.6. The summed E-state index contributed by atoms with van der Waals surface area (Å²) >= 11 is 8.09. The smallest absolute Gasteiger partial charge is 0.357 e. The van der Waals surface area contributed by atoms with Crippen LogP contribution in [0.3, 0.4) is 0 Å². The number of carbonyl (C=O) groups excluding carboxylic acids is 1. The number of hydrogen-bond acceptors (Lipinski definition) is 11. The summed E-state index contributed by atoms with van der Waals surface area (Å²) in [4.78, 5) is 23.2. The number of imidazole rings is 1. The summed E-state index contributed by atoms with van der Waals surface area (Å²) in [5, 5.41) is 0.0786. The maximum absolute atomic E-state index is 13.1. The lowest BCUT2D eigenvalue weighted by Gasteiger charge is -2.34. The van der Waals surface area contributed by atoms with Crippen molar-refractivity contribution in [2.75, 3.05) is 24.7 Å². The second-order valence-electron chi connectivity index (χ2n) is 9.16. The molecule has 5 atom stereocenters. The first-order chi connectivity index (χ1) is 15.9. The van der Waals surface area contributed by atoms with Crippen molar-refractivity contribution in [3.63, 3.8) is 0 Å². The third-order valence-corrected chi connectivity index (χ3v) is 8.55. The topological polar surface area (TPSA) is 141 Å². The first-order valence-corrected chi connectivity index (χ1v) is 13.6. The number of nitrogen functional groups attached to an aromatic ring is 1. The summed E-state index contributed by atoms with van der Waals surface area (Å²) in [6.07, 6.45) is 2.11. The highest BCUT2D eigenvalue weighted by Crippen LogP contribution is 2.60. The summed E-state index contributed by atoms with van der Waals surface area (Å²) in [6, 6.07) is 0. The number of anilines is 1. The van der Waals surface area contributed by atoms with Gasteiger partial charge in [-0.2, -0.15) is 0 Å². The lowest BCUT2D eigenvalue weighted by atomic mass is 10.00. The van der Waals surface area contributed by atoms with Gasteiger partial charge < -0.3 is 19.7 Å². The van der Waals surface area contributed by atoms with Gasteiger partial charge in [-0.25, -0.2) is 15.0 Å². The van der Waals surface area contributed by atoms with Gasteiger partial charge in [0.25, 0.3) is 0 Å². The van der Waals surface area contributed by atoms with Crippen molar-refractivity contribution in [3.8, 4) is 0 Å². The van der Waals surface area contributed by atoms with Crippen molar-refractivity contribution < 1.29 is 27.9 Å². The maximum atomic E-state index is 13.1. The molecule has 2 aliphatic rings. The van der Waals surface area contributed by atoms with Crippen LogP contribution in [0.15, 0.2) is 24.7 Å². The van der Waals surface area contributed by atoms with Crippen molar-refractivity contribution in [1.82, 2.24) is 19.5 Å². The van der Waals surface area contributed by atoms with E-state index in [4.69, 9.17) is 35.9 Å². The number of fused-ring (bicyclic) bond motifs is 2. The van der Waals surface area contributed by atoms with E-state index in [9.17, 15) is 9.36 Å². The van der Waals surface area contributed by atoms with Crippen LogP contribution in [-0.4, -0.2) is 60.7 Å². The molecule has 4 heterocycles. The lowest BCUT2D eigenvalue weighted by Crippen LogP contribution is -2.43. The normalized spacial score (nSPS) is 31.7. The second-order valence-corrected chi connectivity index (χ2v) is 12.9. The molecule has 0 radical (unpaired) electrons. The monoisotopic (exact) mass is 531 g/mol. The Bertz CT molecular complexity index is 1150. The van der Waals surface area contributed by atoms with Crippen LogP contribution in [0.2, 0.25) is 0 Å². The van der Waals surface area contributed by atoms with E-state index in [2.05, 4.69) is 15.0 Å². The van der Waals surface area contributed by atoms with Crippen molar-refractivity contribution in [3.05, 3.63) is 24.7 Å². The molecule has 2 aliphatic heterocycles. The number of halogens is 1. The number of ether oxygens (including phenoxy) is 2. The number of nitrogens with zero attached hydrogens (tertiary/aromatic N) is 4. The quantitative estimate of drug-likeness (QED) is 0.252. The van der Waals surface area contributed by atoms with E-state index in [-0.39, 0.29) is 24.1 Å². The number of nitrogens with two attached hydrogens (primary N) is 1. The molecule has 2 aromatic rings. The Morgan fingerprint density at radius 1 is 1.44 bits per heavy atom. The molecule has 0 aliphatic carbocycles. The predicted octanol–water partition coefficient (Wildman–Crippen LogP) is 3.71. The Hall–Kier alpha value is -1.69. The standard InChI is InChI=1S/C20H27ClN5O6PS/c1-19(2,3)18(27)34-8-6-29-5-7-33(28)30-9-12-14(32-33)20(4,21)17(31-12)26-11-25-13-15(22)23-10-24-16(13)26/h5,7,10-12,14,17H,6,8-9H2,1-4H3,(H2,22,23,24). The van der Waals surface area contributed by atoms with Gasteiger partial charge in [0.1, 0.15) is 28.9 Å². The van der Waals surface area contributed by atoms with Crippen LogP contribution in [0.25, 0.3) is 11.2 Å². The van der Waals surface area contributed by atoms with Crippen LogP contribution in [0.5, 0.6) is 0 Å². The van der Waals surface area contributed by atoms with Crippen LogP contribution in [0.1, 0.15) is 33.9 Å². The van der Waals surface area contributed by atoms with Gasteiger partial charge >= 0.3 is 7.60 Å². The largest absolute Gasteiger partial charge is 0.500 e. The molecule has 0 aromatic carbocycles. The Morgan fingerprint density at radius 3 is 2.94 bits per heavy atom. The van der Waals surface area contributed by atoms with Gasteiger partial charge in [-0.05, 0) is 6.92 Å². The highest BCUT2D eigenvalue weighted by Gasteiger charge is 2.59. The van der Waals surface area contributed by atoms with Gasteiger partial charge in [0.2, 0.25) is 0 Å². The summed E-state index contributed by atoms with van der Waals surface area (Å²) in [6.45, 7) is 7.61. The highest BCUT2D eigenvalue weighted by molar-refractivity contribution is 8.13. The van der Waals surface area contributed by atoms with Gasteiger partial charge in [-0.3, -0.25) is 18.5 Å². The molecule has 2 N–H and O–H groups in total. The van der Waals surface area contributed by atoms with E-state index in [1.54, 1.807) is 11.5 Å². The van der Waals surface area contributed by atoms with Crippen molar-refractivity contribution in [2.24, 2.45) is 5.41 Å². The molecule has 4 rings (SSSR count).